The van der Waals surface area contributed by atoms with Gasteiger partial charge in [0, 0.05) is 18.7 Å². The summed E-state index contributed by atoms with van der Waals surface area (Å²) in [6.45, 7) is 4.45. The van der Waals surface area contributed by atoms with Crippen molar-refractivity contribution in [1.29, 1.82) is 0 Å². The molecule has 0 aliphatic carbocycles. The molecule has 0 saturated carbocycles. The quantitative estimate of drug-likeness (QED) is 0.803. The van der Waals surface area contributed by atoms with Crippen molar-refractivity contribution in [2.24, 2.45) is 0 Å². The van der Waals surface area contributed by atoms with E-state index >= 15 is 0 Å². The molecule has 2 aromatic rings. The summed E-state index contributed by atoms with van der Waals surface area (Å²) in [7, 11) is 2.03. The number of aromatic nitrogens is 2. The summed E-state index contributed by atoms with van der Waals surface area (Å²) < 4.78 is 2.13. The molecule has 0 fully saturated rings. The average molecular weight is 285 g/mol. The number of likely N-dealkylation sites (N-methyl/N-ethyl adjacent to an activating group) is 1. The van der Waals surface area contributed by atoms with Gasteiger partial charge >= 0.3 is 0 Å². The van der Waals surface area contributed by atoms with Gasteiger partial charge in [0.1, 0.15) is 0 Å². The third kappa shape index (κ3) is 4.43. The molecule has 1 heterocycles. The highest BCUT2D eigenvalue weighted by atomic mass is 15.3. The number of hydrogen-bond donors (Lipinski definition) is 1. The van der Waals surface area contributed by atoms with E-state index in [-0.39, 0.29) is 0 Å². The van der Waals surface area contributed by atoms with Crippen molar-refractivity contribution in [3.8, 4) is 0 Å². The van der Waals surface area contributed by atoms with E-state index in [1.807, 2.05) is 7.05 Å². The average Bonchev–Trinajstić information content (AvgIpc) is 2.97. The molecule has 1 aromatic heterocycles. The lowest BCUT2D eigenvalue weighted by molar-refractivity contribution is 0.422. The van der Waals surface area contributed by atoms with Crippen molar-refractivity contribution in [3.63, 3.8) is 0 Å². The summed E-state index contributed by atoms with van der Waals surface area (Å²) >= 11 is 0. The molecular weight excluding hydrogens is 258 g/mol. The Labute approximate surface area is 128 Å². The van der Waals surface area contributed by atoms with Crippen LogP contribution in [0.3, 0.4) is 0 Å². The van der Waals surface area contributed by atoms with Gasteiger partial charge in [0.2, 0.25) is 0 Å². The normalized spacial score (nSPS) is 12.8. The standard InChI is InChI=1S/C18H27N3/c1-4-18(5-2)21-12-11-16(20-21)14-17(19-3)13-15-9-7-6-8-10-15/h6-12,17-19H,4-5,13-14H2,1-3H3. The molecule has 21 heavy (non-hydrogen) atoms. The van der Waals surface area contributed by atoms with Gasteiger partial charge in [-0.2, -0.15) is 5.10 Å². The van der Waals surface area contributed by atoms with Crippen LogP contribution in [0, 0.1) is 0 Å². The zero-order chi connectivity index (χ0) is 15.1. The maximum atomic E-state index is 4.76. The highest BCUT2D eigenvalue weighted by Gasteiger charge is 2.12. The van der Waals surface area contributed by atoms with Gasteiger partial charge in [0.25, 0.3) is 0 Å². The fourth-order valence-corrected chi connectivity index (χ4v) is 2.78. The Balaban J connectivity index is 1.99. The molecule has 0 amide bonds. The molecule has 0 aliphatic rings. The van der Waals surface area contributed by atoms with E-state index in [0.29, 0.717) is 12.1 Å². The monoisotopic (exact) mass is 285 g/mol. The first-order valence-electron chi connectivity index (χ1n) is 8.02. The van der Waals surface area contributed by atoms with Gasteiger partial charge in [-0.15, -0.1) is 0 Å². The molecule has 114 valence electrons. The van der Waals surface area contributed by atoms with Gasteiger partial charge < -0.3 is 5.32 Å². The molecule has 1 unspecified atom stereocenters. The van der Waals surface area contributed by atoms with Gasteiger partial charge in [-0.3, -0.25) is 4.68 Å². The fourth-order valence-electron chi connectivity index (χ4n) is 2.78. The van der Waals surface area contributed by atoms with E-state index in [1.165, 1.54) is 11.3 Å². The molecule has 3 heteroatoms. The molecule has 3 nitrogen and oxygen atoms in total. The van der Waals surface area contributed by atoms with Crippen LogP contribution in [0.1, 0.15) is 44.0 Å². The van der Waals surface area contributed by atoms with Crippen LogP contribution in [0.25, 0.3) is 0 Å². The van der Waals surface area contributed by atoms with E-state index in [2.05, 4.69) is 66.4 Å². The Morgan fingerprint density at radius 2 is 1.76 bits per heavy atom. The minimum atomic E-state index is 0.428. The molecule has 0 bridgehead atoms. The molecule has 0 saturated heterocycles. The van der Waals surface area contributed by atoms with Crippen molar-refractivity contribution in [2.45, 2.75) is 51.6 Å². The Hall–Kier alpha value is -1.61. The summed E-state index contributed by atoms with van der Waals surface area (Å²) in [6.07, 6.45) is 6.41. The SMILES string of the molecule is CCC(CC)n1ccc(CC(Cc2ccccc2)NC)n1. The van der Waals surface area contributed by atoms with Crippen molar-refractivity contribution in [1.82, 2.24) is 15.1 Å². The molecular formula is C18H27N3. The summed E-state index contributed by atoms with van der Waals surface area (Å²) in [6, 6.07) is 13.8. The van der Waals surface area contributed by atoms with E-state index in [0.717, 1.165) is 25.7 Å². The second-order valence-corrected chi connectivity index (χ2v) is 5.64. The van der Waals surface area contributed by atoms with Crippen LogP contribution in [0.15, 0.2) is 42.6 Å². The Bertz CT molecular complexity index is 514. The van der Waals surface area contributed by atoms with Crippen LogP contribution >= 0.6 is 0 Å². The smallest absolute Gasteiger partial charge is 0.0640 e. The predicted octanol–water partition coefficient (Wildman–Crippen LogP) is 3.62. The zero-order valence-electron chi connectivity index (χ0n) is 13.4. The van der Waals surface area contributed by atoms with Crippen molar-refractivity contribution in [2.75, 3.05) is 7.05 Å². The first-order valence-corrected chi connectivity index (χ1v) is 8.02. The Morgan fingerprint density at radius 1 is 1.05 bits per heavy atom. The lowest BCUT2D eigenvalue weighted by Gasteiger charge is -2.16. The van der Waals surface area contributed by atoms with Crippen molar-refractivity contribution in [3.05, 3.63) is 53.9 Å². The maximum Gasteiger partial charge on any atom is 0.0640 e. The second kappa shape index (κ2) is 7.99. The molecule has 1 atom stereocenters. The van der Waals surface area contributed by atoms with Crippen LogP contribution in [-0.2, 0) is 12.8 Å². The van der Waals surface area contributed by atoms with Gasteiger partial charge in [0.15, 0.2) is 0 Å². The summed E-state index contributed by atoms with van der Waals surface area (Å²) in [5.74, 6) is 0. The third-order valence-corrected chi connectivity index (χ3v) is 4.17. The second-order valence-electron chi connectivity index (χ2n) is 5.64. The van der Waals surface area contributed by atoms with E-state index in [1.54, 1.807) is 0 Å². The molecule has 1 N–H and O–H groups in total. The molecule has 0 radical (unpaired) electrons. The predicted molar refractivity (Wildman–Crippen MR) is 88.5 cm³/mol. The Morgan fingerprint density at radius 3 is 2.38 bits per heavy atom. The number of hydrogen-bond acceptors (Lipinski definition) is 2. The van der Waals surface area contributed by atoms with Crippen LogP contribution in [0.4, 0.5) is 0 Å². The Kier molecular flexibility index (Phi) is 6.00. The minimum Gasteiger partial charge on any atom is -0.316 e. The van der Waals surface area contributed by atoms with Gasteiger partial charge in [0.05, 0.1) is 11.7 Å². The number of nitrogens with one attached hydrogen (secondary N) is 1. The number of rotatable bonds is 8. The highest BCUT2D eigenvalue weighted by Crippen LogP contribution is 2.15. The first kappa shape index (κ1) is 15.8. The van der Waals surface area contributed by atoms with Crippen LogP contribution in [0.5, 0.6) is 0 Å². The largest absolute Gasteiger partial charge is 0.316 e. The van der Waals surface area contributed by atoms with E-state index < -0.39 is 0 Å². The number of nitrogens with zero attached hydrogens (tertiary/aromatic N) is 2. The van der Waals surface area contributed by atoms with Crippen LogP contribution < -0.4 is 5.32 Å². The molecule has 0 aliphatic heterocycles. The third-order valence-electron chi connectivity index (χ3n) is 4.17. The highest BCUT2D eigenvalue weighted by molar-refractivity contribution is 5.16. The lowest BCUT2D eigenvalue weighted by Crippen LogP contribution is -2.30. The topological polar surface area (TPSA) is 29.9 Å². The lowest BCUT2D eigenvalue weighted by atomic mass is 10.0. The van der Waals surface area contributed by atoms with Gasteiger partial charge in [-0.1, -0.05) is 44.2 Å². The van der Waals surface area contributed by atoms with Gasteiger partial charge in [-0.25, -0.2) is 0 Å². The van der Waals surface area contributed by atoms with Crippen molar-refractivity contribution < 1.29 is 0 Å². The maximum absolute atomic E-state index is 4.76. The van der Waals surface area contributed by atoms with Crippen molar-refractivity contribution >= 4 is 0 Å². The van der Waals surface area contributed by atoms with Crippen LogP contribution in [-0.4, -0.2) is 22.9 Å². The first-order chi connectivity index (χ1) is 10.3. The summed E-state index contributed by atoms with van der Waals surface area (Å²) in [5.41, 5.74) is 2.55. The minimum absolute atomic E-state index is 0.428. The summed E-state index contributed by atoms with van der Waals surface area (Å²) in [5, 5.41) is 8.17. The van der Waals surface area contributed by atoms with E-state index in [9.17, 15) is 0 Å². The molecule has 2 rings (SSSR count). The van der Waals surface area contributed by atoms with E-state index in [4.69, 9.17) is 5.10 Å². The summed E-state index contributed by atoms with van der Waals surface area (Å²) in [4.78, 5) is 0. The van der Waals surface area contributed by atoms with Crippen LogP contribution in [0.2, 0.25) is 0 Å². The molecule has 1 aromatic carbocycles. The number of benzene rings is 1. The van der Waals surface area contributed by atoms with Gasteiger partial charge in [-0.05, 0) is 37.9 Å². The fraction of sp³-hybridized carbons (Fsp3) is 0.500. The molecule has 0 spiro atoms. The zero-order valence-corrected chi connectivity index (χ0v) is 13.4.